The van der Waals surface area contributed by atoms with Crippen LogP contribution in [-0.2, 0) is 19.1 Å². The molecule has 1 N–H and O–H groups in total. The molecule has 7 unspecified atom stereocenters. The van der Waals surface area contributed by atoms with Crippen molar-refractivity contribution in [1.82, 2.24) is 9.88 Å². The Hall–Kier alpha value is -2.75. The SMILES string of the molecule is CCOC(=O)CN1C(=O)C2C3CC(C2C1=O)C1C(c2ccc(-c4ccccc4)cc2)c2sc(=S)[nH]c2SC31. The van der Waals surface area contributed by atoms with Crippen LogP contribution < -0.4 is 0 Å². The molecule has 7 atom stereocenters. The number of amides is 2. The fourth-order valence-electron chi connectivity index (χ4n) is 7.46. The number of hydrogen-bond donors (Lipinski definition) is 1. The molecule has 194 valence electrons. The van der Waals surface area contributed by atoms with Crippen molar-refractivity contribution in [2.75, 3.05) is 13.2 Å². The number of imide groups is 1. The summed E-state index contributed by atoms with van der Waals surface area (Å²) < 4.78 is 5.80. The fraction of sp³-hybridized carbons (Fsp3) is 0.379. The molecular weight excluding hydrogens is 537 g/mol. The molecule has 6 nitrogen and oxygen atoms in total. The molecular formula is C29H26N2O4S3. The van der Waals surface area contributed by atoms with E-state index in [1.54, 1.807) is 30.0 Å². The van der Waals surface area contributed by atoms with Crippen molar-refractivity contribution in [2.45, 2.75) is 29.5 Å². The van der Waals surface area contributed by atoms with Gasteiger partial charge in [-0.3, -0.25) is 19.3 Å². The van der Waals surface area contributed by atoms with E-state index >= 15 is 0 Å². The van der Waals surface area contributed by atoms with Gasteiger partial charge in [0, 0.05) is 16.0 Å². The van der Waals surface area contributed by atoms with Crippen molar-refractivity contribution in [3.8, 4) is 11.1 Å². The largest absolute Gasteiger partial charge is 0.465 e. The summed E-state index contributed by atoms with van der Waals surface area (Å²) in [5, 5.41) is 1.31. The first kappa shape index (κ1) is 24.3. The van der Waals surface area contributed by atoms with Crippen molar-refractivity contribution >= 4 is 53.1 Å². The number of hydrogen-bond acceptors (Lipinski definition) is 7. The molecule has 38 heavy (non-hydrogen) atoms. The van der Waals surface area contributed by atoms with Gasteiger partial charge in [-0.25, -0.2) is 0 Å². The predicted molar refractivity (Wildman–Crippen MR) is 148 cm³/mol. The Bertz CT molecular complexity index is 1500. The van der Waals surface area contributed by atoms with Gasteiger partial charge in [0.25, 0.3) is 0 Å². The van der Waals surface area contributed by atoms with Gasteiger partial charge >= 0.3 is 5.97 Å². The van der Waals surface area contributed by atoms with E-state index in [2.05, 4.69) is 41.4 Å². The second kappa shape index (κ2) is 9.17. The summed E-state index contributed by atoms with van der Waals surface area (Å²) >= 11 is 8.99. The number of nitrogens with zero attached hydrogens (tertiary/aromatic N) is 1. The third-order valence-electron chi connectivity index (χ3n) is 8.78. The number of rotatable bonds is 5. The predicted octanol–water partition coefficient (Wildman–Crippen LogP) is 5.51. The minimum atomic E-state index is -0.528. The van der Waals surface area contributed by atoms with Crippen LogP contribution in [0, 0.1) is 33.5 Å². The van der Waals surface area contributed by atoms with E-state index in [9.17, 15) is 14.4 Å². The molecule has 2 aliphatic carbocycles. The highest BCUT2D eigenvalue weighted by Crippen LogP contribution is 2.68. The van der Waals surface area contributed by atoms with Gasteiger partial charge in [-0.1, -0.05) is 54.6 Å². The van der Waals surface area contributed by atoms with Crippen molar-refractivity contribution in [3.05, 3.63) is 69.0 Å². The normalized spacial score (nSPS) is 30.8. The van der Waals surface area contributed by atoms with Crippen LogP contribution in [0.5, 0.6) is 0 Å². The molecule has 4 aliphatic rings. The van der Waals surface area contributed by atoms with Gasteiger partial charge in [0.15, 0.2) is 3.95 Å². The third-order valence-corrected chi connectivity index (χ3v) is 11.7. The van der Waals surface area contributed by atoms with Crippen LogP contribution in [0.25, 0.3) is 11.1 Å². The Labute approximate surface area is 233 Å². The summed E-state index contributed by atoms with van der Waals surface area (Å²) in [5.74, 6) is -1.11. The van der Waals surface area contributed by atoms with Crippen LogP contribution in [0.3, 0.4) is 0 Å². The second-order valence-electron chi connectivity index (χ2n) is 10.5. The minimum absolute atomic E-state index is 0.0915. The Balaban J connectivity index is 1.26. The van der Waals surface area contributed by atoms with Crippen LogP contribution in [0.1, 0.15) is 29.7 Å². The lowest BCUT2D eigenvalue weighted by atomic mass is 9.68. The lowest BCUT2D eigenvalue weighted by molar-refractivity contribution is -0.153. The molecule has 1 aromatic heterocycles. The number of carbonyl (C=O) groups is 3. The van der Waals surface area contributed by atoms with Crippen LogP contribution >= 0.6 is 35.3 Å². The minimum Gasteiger partial charge on any atom is -0.465 e. The Morgan fingerprint density at radius 3 is 2.42 bits per heavy atom. The molecule has 3 fully saturated rings. The van der Waals surface area contributed by atoms with Gasteiger partial charge in [0.1, 0.15) is 6.54 Å². The van der Waals surface area contributed by atoms with Gasteiger partial charge in [-0.2, -0.15) is 0 Å². The lowest BCUT2D eigenvalue weighted by Gasteiger charge is -2.43. The molecule has 2 amide bonds. The quantitative estimate of drug-likeness (QED) is 0.251. The van der Waals surface area contributed by atoms with E-state index < -0.39 is 5.97 Å². The van der Waals surface area contributed by atoms with Gasteiger partial charge in [-0.05, 0) is 60.0 Å². The Morgan fingerprint density at radius 1 is 1.03 bits per heavy atom. The molecule has 2 saturated carbocycles. The van der Waals surface area contributed by atoms with Gasteiger partial charge in [-0.15, -0.1) is 23.1 Å². The maximum Gasteiger partial charge on any atom is 0.326 e. The first-order valence-corrected chi connectivity index (χ1v) is 15.1. The Kier molecular flexibility index (Phi) is 5.87. The maximum atomic E-state index is 13.6. The number of likely N-dealkylation sites (tertiary alicyclic amines) is 1. The first-order valence-electron chi connectivity index (χ1n) is 13.0. The van der Waals surface area contributed by atoms with E-state index in [1.807, 2.05) is 18.2 Å². The molecule has 3 heterocycles. The van der Waals surface area contributed by atoms with Gasteiger partial charge in [0.2, 0.25) is 11.8 Å². The number of aromatic nitrogens is 1. The average molecular weight is 563 g/mol. The van der Waals surface area contributed by atoms with E-state index in [1.165, 1.54) is 20.9 Å². The molecule has 0 radical (unpaired) electrons. The topological polar surface area (TPSA) is 79.5 Å². The average Bonchev–Trinajstić information content (AvgIpc) is 3.65. The zero-order chi connectivity index (χ0) is 26.1. The zero-order valence-corrected chi connectivity index (χ0v) is 23.1. The van der Waals surface area contributed by atoms with Crippen molar-refractivity contribution < 1.29 is 19.1 Å². The molecule has 3 aromatic rings. The highest BCUT2D eigenvalue weighted by molar-refractivity contribution is 8.00. The van der Waals surface area contributed by atoms with Crippen LogP contribution in [0.15, 0.2) is 59.6 Å². The van der Waals surface area contributed by atoms with Gasteiger partial charge < -0.3 is 9.72 Å². The number of fused-ring (bicyclic) bond motifs is 9. The van der Waals surface area contributed by atoms with Crippen LogP contribution in [0.4, 0.5) is 0 Å². The smallest absolute Gasteiger partial charge is 0.326 e. The van der Waals surface area contributed by atoms with E-state index in [0.29, 0.717) is 0 Å². The summed E-state index contributed by atoms with van der Waals surface area (Å²) in [6.07, 6.45) is 0.872. The second-order valence-corrected chi connectivity index (χ2v) is 13.4. The molecule has 1 saturated heterocycles. The number of carbonyl (C=O) groups excluding carboxylic acids is 3. The highest BCUT2D eigenvalue weighted by atomic mass is 32.2. The number of thiazole rings is 1. The zero-order valence-electron chi connectivity index (χ0n) is 20.7. The van der Waals surface area contributed by atoms with Crippen molar-refractivity contribution in [3.63, 3.8) is 0 Å². The third kappa shape index (κ3) is 3.58. The first-order chi connectivity index (χ1) is 18.5. The number of H-pyrrole nitrogens is 1. The van der Waals surface area contributed by atoms with E-state index in [4.69, 9.17) is 17.0 Å². The summed E-state index contributed by atoms with van der Waals surface area (Å²) in [6.45, 7) is 1.66. The summed E-state index contributed by atoms with van der Waals surface area (Å²) in [5.41, 5.74) is 3.56. The number of nitrogens with one attached hydrogen (secondary N) is 1. The molecule has 2 bridgehead atoms. The fourth-order valence-corrected chi connectivity index (χ4v) is 10.8. The highest BCUT2D eigenvalue weighted by Gasteiger charge is 2.69. The standard InChI is InChI=1S/C29H26N2O4S3/c1-2-35-19(32)13-31-27(33)22-17-12-18(23(22)28(31)34)24-21(17)20(25-26(37-24)30-29(36)38-25)16-10-8-15(9-11-16)14-6-4-3-5-7-14/h3-11,17-18,20-24H,2,12-13H2,1H3,(H,30,36). The Morgan fingerprint density at radius 2 is 1.71 bits per heavy atom. The number of thioether (sulfide) groups is 1. The van der Waals surface area contributed by atoms with Crippen LogP contribution in [0.2, 0.25) is 0 Å². The molecule has 2 aliphatic heterocycles. The summed E-state index contributed by atoms with van der Waals surface area (Å²) in [7, 11) is 0. The maximum absolute atomic E-state index is 13.6. The van der Waals surface area contributed by atoms with Gasteiger partial charge in [0.05, 0.1) is 23.5 Å². The molecule has 9 heteroatoms. The lowest BCUT2D eigenvalue weighted by Crippen LogP contribution is -2.42. The van der Waals surface area contributed by atoms with Crippen molar-refractivity contribution in [2.24, 2.45) is 29.6 Å². The molecule has 2 aromatic carbocycles. The number of aromatic amines is 1. The number of esters is 1. The molecule has 0 spiro atoms. The summed E-state index contributed by atoms with van der Waals surface area (Å²) in [6, 6.07) is 19.1. The van der Waals surface area contributed by atoms with E-state index in [0.717, 1.165) is 21.0 Å². The van der Waals surface area contributed by atoms with E-state index in [-0.39, 0.29) is 65.7 Å². The van der Waals surface area contributed by atoms with Crippen molar-refractivity contribution in [1.29, 1.82) is 0 Å². The summed E-state index contributed by atoms with van der Waals surface area (Å²) in [4.78, 5) is 45.0. The number of ether oxygens (including phenoxy) is 1. The monoisotopic (exact) mass is 562 g/mol. The van der Waals surface area contributed by atoms with Crippen LogP contribution in [-0.4, -0.2) is 46.1 Å². The number of benzene rings is 2. The molecule has 7 rings (SSSR count).